The summed E-state index contributed by atoms with van der Waals surface area (Å²) in [5, 5.41) is 0. The van der Waals surface area contributed by atoms with Crippen LogP contribution in [0.4, 0.5) is 0 Å². The average Bonchev–Trinajstić information content (AvgIpc) is 2.21. The van der Waals surface area contributed by atoms with Crippen LogP contribution in [-0.2, 0) is 0 Å². The van der Waals surface area contributed by atoms with Crippen LogP contribution in [0.25, 0.3) is 0 Å². The summed E-state index contributed by atoms with van der Waals surface area (Å²) in [5.41, 5.74) is 6.21. The molecule has 0 radical (unpaired) electrons. The number of nitrogens with two attached hydrogens (primary N) is 1. The molecule has 0 aromatic carbocycles. The van der Waals surface area contributed by atoms with Gasteiger partial charge in [0.25, 0.3) is 0 Å². The molecule has 2 heteroatoms. The molecule has 0 aliphatic carbocycles. The Hall–Kier alpha value is -0.0800. The number of hydrogen-bond acceptors (Lipinski definition) is 2. The minimum Gasteiger partial charge on any atom is -0.329 e. The maximum Gasteiger partial charge on any atom is 0.0329 e. The molecular formula is C14H30N2. The van der Waals surface area contributed by atoms with Crippen molar-refractivity contribution in [3.8, 4) is 0 Å². The van der Waals surface area contributed by atoms with Gasteiger partial charge < -0.3 is 5.73 Å². The molecule has 0 amide bonds. The zero-order valence-electron chi connectivity index (χ0n) is 12.0. The van der Waals surface area contributed by atoms with Gasteiger partial charge in [-0.25, -0.2) is 0 Å². The Labute approximate surface area is 102 Å². The molecule has 1 fully saturated rings. The van der Waals surface area contributed by atoms with E-state index in [0.29, 0.717) is 12.0 Å². The van der Waals surface area contributed by atoms with Crippen LogP contribution in [0.5, 0.6) is 0 Å². The predicted molar refractivity (Wildman–Crippen MR) is 71.4 cm³/mol. The molecule has 1 heterocycles. The van der Waals surface area contributed by atoms with E-state index in [4.69, 9.17) is 5.73 Å². The van der Waals surface area contributed by atoms with Gasteiger partial charge in [0.15, 0.2) is 0 Å². The van der Waals surface area contributed by atoms with E-state index >= 15 is 0 Å². The van der Waals surface area contributed by atoms with Crippen molar-refractivity contribution in [2.45, 2.75) is 59.5 Å². The van der Waals surface area contributed by atoms with Gasteiger partial charge in [0, 0.05) is 24.7 Å². The molecule has 96 valence electrons. The number of hydrogen-bond donors (Lipinski definition) is 1. The first kappa shape index (κ1) is 14.0. The van der Waals surface area contributed by atoms with E-state index in [1.54, 1.807) is 0 Å². The molecular weight excluding hydrogens is 196 g/mol. The zero-order chi connectivity index (χ0) is 12.5. The van der Waals surface area contributed by atoms with E-state index in [-0.39, 0.29) is 5.54 Å². The Balaban J connectivity index is 2.91. The quantitative estimate of drug-likeness (QED) is 0.802. The molecule has 0 spiro atoms. The third-order valence-corrected chi connectivity index (χ3v) is 4.91. The lowest BCUT2D eigenvalue weighted by molar-refractivity contribution is -0.0300. The van der Waals surface area contributed by atoms with Gasteiger partial charge in [-0.05, 0) is 38.0 Å². The summed E-state index contributed by atoms with van der Waals surface area (Å²) in [6, 6.07) is 0.659. The summed E-state index contributed by atoms with van der Waals surface area (Å²) in [6.07, 6.45) is 1.36. The van der Waals surface area contributed by atoms with Crippen LogP contribution in [0.15, 0.2) is 0 Å². The van der Waals surface area contributed by atoms with Crippen molar-refractivity contribution in [3.05, 3.63) is 0 Å². The highest BCUT2D eigenvalue weighted by molar-refractivity contribution is 4.96. The van der Waals surface area contributed by atoms with Crippen LogP contribution < -0.4 is 5.73 Å². The SMILES string of the molecule is CC1CC(C)C(C)N(C(C)(CN)C(C)C)C1. The summed E-state index contributed by atoms with van der Waals surface area (Å²) in [5.74, 6) is 2.20. The second-order valence-electron chi connectivity index (χ2n) is 6.43. The molecule has 1 rings (SSSR count). The van der Waals surface area contributed by atoms with Gasteiger partial charge in [-0.3, -0.25) is 4.90 Å². The van der Waals surface area contributed by atoms with E-state index in [1.165, 1.54) is 13.0 Å². The second kappa shape index (κ2) is 5.05. The Bertz CT molecular complexity index is 227. The third-order valence-electron chi connectivity index (χ3n) is 4.91. The molecule has 0 aromatic heterocycles. The number of likely N-dealkylation sites (tertiary alicyclic amines) is 1. The van der Waals surface area contributed by atoms with Gasteiger partial charge in [0.1, 0.15) is 0 Å². The molecule has 2 N–H and O–H groups in total. The molecule has 1 saturated heterocycles. The van der Waals surface area contributed by atoms with E-state index in [0.717, 1.165) is 18.4 Å². The van der Waals surface area contributed by atoms with Crippen LogP contribution in [0.1, 0.15) is 48.0 Å². The molecule has 0 saturated carbocycles. The summed E-state index contributed by atoms with van der Waals surface area (Å²) in [6.45, 7) is 16.0. The Morgan fingerprint density at radius 3 is 2.31 bits per heavy atom. The lowest BCUT2D eigenvalue weighted by atomic mass is 9.78. The average molecular weight is 226 g/mol. The van der Waals surface area contributed by atoms with E-state index in [1.807, 2.05) is 0 Å². The Morgan fingerprint density at radius 1 is 1.31 bits per heavy atom. The molecule has 0 bridgehead atoms. The maximum atomic E-state index is 6.05. The number of nitrogens with zero attached hydrogens (tertiary/aromatic N) is 1. The summed E-state index contributed by atoms with van der Waals surface area (Å²) >= 11 is 0. The highest BCUT2D eigenvalue weighted by Gasteiger charge is 2.41. The highest BCUT2D eigenvalue weighted by Crippen LogP contribution is 2.35. The lowest BCUT2D eigenvalue weighted by Gasteiger charge is -2.52. The zero-order valence-corrected chi connectivity index (χ0v) is 12.0. The van der Waals surface area contributed by atoms with Crippen LogP contribution >= 0.6 is 0 Å². The molecule has 4 atom stereocenters. The normalized spacial score (nSPS) is 36.4. The first-order valence-corrected chi connectivity index (χ1v) is 6.79. The first-order chi connectivity index (χ1) is 7.32. The van der Waals surface area contributed by atoms with Gasteiger partial charge in [-0.2, -0.15) is 0 Å². The standard InChI is InChI=1S/C14H30N2/c1-10(2)14(6,9-15)16-8-11(3)7-12(4)13(16)5/h10-13H,7-9,15H2,1-6H3. The predicted octanol–water partition coefficient (Wildman–Crippen LogP) is 2.73. The van der Waals surface area contributed by atoms with Crippen LogP contribution in [-0.4, -0.2) is 29.6 Å². The van der Waals surface area contributed by atoms with Gasteiger partial charge in [-0.15, -0.1) is 0 Å². The summed E-state index contributed by atoms with van der Waals surface area (Å²) in [7, 11) is 0. The molecule has 4 unspecified atom stereocenters. The molecule has 1 aliphatic rings. The van der Waals surface area contributed by atoms with Crippen LogP contribution in [0.3, 0.4) is 0 Å². The van der Waals surface area contributed by atoms with Crippen LogP contribution in [0.2, 0.25) is 0 Å². The molecule has 2 nitrogen and oxygen atoms in total. The summed E-state index contributed by atoms with van der Waals surface area (Å²) < 4.78 is 0. The molecule has 1 aliphatic heterocycles. The summed E-state index contributed by atoms with van der Waals surface area (Å²) in [4.78, 5) is 2.66. The third kappa shape index (κ3) is 2.43. The fourth-order valence-electron chi connectivity index (χ4n) is 3.07. The molecule has 0 aromatic rings. The van der Waals surface area contributed by atoms with Crippen molar-refractivity contribution in [1.29, 1.82) is 0 Å². The fourth-order valence-corrected chi connectivity index (χ4v) is 3.07. The van der Waals surface area contributed by atoms with Gasteiger partial charge in [-0.1, -0.05) is 27.7 Å². The van der Waals surface area contributed by atoms with Gasteiger partial charge in [0.2, 0.25) is 0 Å². The first-order valence-electron chi connectivity index (χ1n) is 6.79. The maximum absolute atomic E-state index is 6.05. The van der Waals surface area contributed by atoms with Crippen molar-refractivity contribution in [3.63, 3.8) is 0 Å². The number of piperidine rings is 1. The second-order valence-corrected chi connectivity index (χ2v) is 6.43. The molecule has 16 heavy (non-hydrogen) atoms. The van der Waals surface area contributed by atoms with E-state index in [2.05, 4.69) is 46.4 Å². The lowest BCUT2D eigenvalue weighted by Crippen LogP contribution is -2.62. The monoisotopic (exact) mass is 226 g/mol. The van der Waals surface area contributed by atoms with Crippen molar-refractivity contribution >= 4 is 0 Å². The van der Waals surface area contributed by atoms with Crippen molar-refractivity contribution in [2.75, 3.05) is 13.1 Å². The smallest absolute Gasteiger partial charge is 0.0329 e. The fraction of sp³-hybridized carbons (Fsp3) is 1.00. The van der Waals surface area contributed by atoms with Crippen molar-refractivity contribution in [2.24, 2.45) is 23.5 Å². The topological polar surface area (TPSA) is 29.3 Å². The van der Waals surface area contributed by atoms with Crippen molar-refractivity contribution < 1.29 is 0 Å². The minimum atomic E-state index is 0.155. The van der Waals surface area contributed by atoms with Gasteiger partial charge in [0.05, 0.1) is 0 Å². The minimum absolute atomic E-state index is 0.155. The Kier molecular flexibility index (Phi) is 4.42. The van der Waals surface area contributed by atoms with Crippen molar-refractivity contribution in [1.82, 2.24) is 4.90 Å². The largest absolute Gasteiger partial charge is 0.329 e. The Morgan fingerprint density at radius 2 is 1.88 bits per heavy atom. The van der Waals surface area contributed by atoms with E-state index in [9.17, 15) is 0 Å². The number of rotatable bonds is 3. The van der Waals surface area contributed by atoms with Crippen LogP contribution in [0, 0.1) is 17.8 Å². The van der Waals surface area contributed by atoms with E-state index < -0.39 is 0 Å². The van der Waals surface area contributed by atoms with Gasteiger partial charge >= 0.3 is 0 Å². The highest BCUT2D eigenvalue weighted by atomic mass is 15.2.